The van der Waals surface area contributed by atoms with Crippen molar-refractivity contribution in [2.75, 3.05) is 13.1 Å². The van der Waals surface area contributed by atoms with Crippen molar-refractivity contribution in [3.05, 3.63) is 35.4 Å². The lowest BCUT2D eigenvalue weighted by Crippen LogP contribution is -2.45. The molecular weight excluding hydrogens is 220 g/mol. The summed E-state index contributed by atoms with van der Waals surface area (Å²) in [6.45, 7) is 2.94. The summed E-state index contributed by atoms with van der Waals surface area (Å²) < 4.78 is 27.3. The minimum absolute atomic E-state index is 0.0370. The summed E-state index contributed by atoms with van der Waals surface area (Å²) in [4.78, 5) is 0. The van der Waals surface area contributed by atoms with Crippen LogP contribution in [0.2, 0.25) is 0 Å². The lowest BCUT2D eigenvalue weighted by molar-refractivity contribution is -0.0776. The van der Waals surface area contributed by atoms with Gasteiger partial charge in [-0.15, -0.1) is 0 Å². The number of rotatable bonds is 3. The fourth-order valence-corrected chi connectivity index (χ4v) is 2.30. The minimum atomic E-state index is -2.52. The van der Waals surface area contributed by atoms with Crippen LogP contribution in [0.25, 0.3) is 0 Å². The molecule has 1 fully saturated rings. The van der Waals surface area contributed by atoms with Crippen LogP contribution in [0.15, 0.2) is 24.3 Å². The van der Waals surface area contributed by atoms with E-state index in [1.54, 1.807) is 0 Å². The molecule has 1 aliphatic rings. The van der Waals surface area contributed by atoms with Crippen LogP contribution in [-0.2, 0) is 12.8 Å². The highest BCUT2D eigenvalue weighted by Crippen LogP contribution is 2.32. The van der Waals surface area contributed by atoms with E-state index in [2.05, 4.69) is 12.2 Å². The Bertz CT molecular complexity index is 359. The Morgan fingerprint density at radius 3 is 2.47 bits per heavy atom. The summed E-state index contributed by atoms with van der Waals surface area (Å²) in [5.41, 5.74) is 2.26. The molecule has 0 spiro atoms. The van der Waals surface area contributed by atoms with E-state index in [0.717, 1.165) is 12.0 Å². The molecule has 2 rings (SSSR count). The fraction of sp³-hybridized carbons (Fsp3) is 0.571. The molecular formula is C14H19F2N. The molecule has 1 N–H and O–H groups in total. The number of nitrogens with one attached hydrogen (secondary N) is 1. The highest BCUT2D eigenvalue weighted by molar-refractivity contribution is 5.23. The van der Waals surface area contributed by atoms with Crippen LogP contribution in [0.3, 0.4) is 0 Å². The quantitative estimate of drug-likeness (QED) is 0.855. The van der Waals surface area contributed by atoms with Gasteiger partial charge in [0, 0.05) is 25.4 Å². The SMILES string of the molecule is CCc1ccc(CC2CNCCC2(F)F)cc1. The summed E-state index contributed by atoms with van der Waals surface area (Å²) in [5, 5.41) is 3.05. The van der Waals surface area contributed by atoms with Crippen molar-refractivity contribution in [1.82, 2.24) is 5.32 Å². The molecule has 1 aliphatic heterocycles. The van der Waals surface area contributed by atoms with Crippen LogP contribution in [0, 0.1) is 5.92 Å². The second-order valence-corrected chi connectivity index (χ2v) is 4.79. The summed E-state index contributed by atoms with van der Waals surface area (Å²) in [7, 11) is 0. The summed E-state index contributed by atoms with van der Waals surface area (Å²) >= 11 is 0. The standard InChI is InChI=1S/C14H19F2N/c1-2-11-3-5-12(6-4-11)9-13-10-17-8-7-14(13,15)16/h3-6,13,17H,2,7-10H2,1H3. The Labute approximate surface area is 101 Å². The Kier molecular flexibility index (Phi) is 3.77. The fourth-order valence-electron chi connectivity index (χ4n) is 2.30. The van der Waals surface area contributed by atoms with Gasteiger partial charge in [0.1, 0.15) is 0 Å². The van der Waals surface area contributed by atoms with Gasteiger partial charge in [-0.2, -0.15) is 0 Å². The van der Waals surface area contributed by atoms with Gasteiger partial charge in [-0.3, -0.25) is 0 Å². The summed E-state index contributed by atoms with van der Waals surface area (Å²) in [6.07, 6.45) is 1.41. The Morgan fingerprint density at radius 2 is 1.88 bits per heavy atom. The smallest absolute Gasteiger partial charge is 0.253 e. The predicted molar refractivity (Wildman–Crippen MR) is 65.4 cm³/mol. The van der Waals surface area contributed by atoms with E-state index in [4.69, 9.17) is 0 Å². The zero-order valence-electron chi connectivity index (χ0n) is 10.2. The maximum atomic E-state index is 13.7. The second kappa shape index (κ2) is 5.13. The van der Waals surface area contributed by atoms with Crippen LogP contribution in [0.4, 0.5) is 8.78 Å². The van der Waals surface area contributed by atoms with Crippen LogP contribution in [0.5, 0.6) is 0 Å². The number of alkyl halides is 2. The monoisotopic (exact) mass is 239 g/mol. The van der Waals surface area contributed by atoms with Gasteiger partial charge in [-0.25, -0.2) is 8.78 Å². The third-order valence-electron chi connectivity index (χ3n) is 3.54. The normalized spacial score (nSPS) is 23.6. The first kappa shape index (κ1) is 12.5. The predicted octanol–water partition coefficient (Wildman–Crippen LogP) is 3.04. The average Bonchev–Trinajstić information content (AvgIpc) is 2.33. The Morgan fingerprint density at radius 1 is 1.24 bits per heavy atom. The van der Waals surface area contributed by atoms with E-state index in [9.17, 15) is 8.78 Å². The number of piperidine rings is 1. The minimum Gasteiger partial charge on any atom is -0.316 e. The van der Waals surface area contributed by atoms with E-state index in [0.29, 0.717) is 19.5 Å². The topological polar surface area (TPSA) is 12.0 Å². The van der Waals surface area contributed by atoms with Crippen LogP contribution >= 0.6 is 0 Å². The van der Waals surface area contributed by atoms with Crippen molar-refractivity contribution < 1.29 is 8.78 Å². The third-order valence-corrected chi connectivity index (χ3v) is 3.54. The molecule has 1 unspecified atom stereocenters. The van der Waals surface area contributed by atoms with Crippen LogP contribution in [0.1, 0.15) is 24.5 Å². The zero-order valence-corrected chi connectivity index (χ0v) is 10.2. The molecule has 94 valence electrons. The molecule has 0 bridgehead atoms. The number of hydrogen-bond acceptors (Lipinski definition) is 1. The maximum Gasteiger partial charge on any atom is 0.253 e. The molecule has 0 aromatic heterocycles. The summed E-state index contributed by atoms with van der Waals surface area (Å²) in [6, 6.07) is 8.01. The van der Waals surface area contributed by atoms with Crippen molar-refractivity contribution in [2.45, 2.75) is 32.1 Å². The molecule has 1 atom stereocenters. The van der Waals surface area contributed by atoms with Gasteiger partial charge < -0.3 is 5.32 Å². The lowest BCUT2D eigenvalue weighted by Gasteiger charge is -2.32. The molecule has 1 heterocycles. The maximum absolute atomic E-state index is 13.7. The Hall–Kier alpha value is -0.960. The number of halogens is 2. The van der Waals surface area contributed by atoms with Crippen molar-refractivity contribution in [3.63, 3.8) is 0 Å². The average molecular weight is 239 g/mol. The van der Waals surface area contributed by atoms with E-state index in [1.165, 1.54) is 5.56 Å². The zero-order chi connectivity index (χ0) is 12.3. The van der Waals surface area contributed by atoms with E-state index in [-0.39, 0.29) is 6.42 Å². The lowest BCUT2D eigenvalue weighted by atomic mass is 9.88. The first-order chi connectivity index (χ1) is 8.12. The summed E-state index contributed by atoms with van der Waals surface area (Å²) in [5.74, 6) is -3.09. The molecule has 17 heavy (non-hydrogen) atoms. The first-order valence-corrected chi connectivity index (χ1v) is 6.28. The second-order valence-electron chi connectivity index (χ2n) is 4.79. The van der Waals surface area contributed by atoms with E-state index < -0.39 is 11.8 Å². The number of hydrogen-bond donors (Lipinski definition) is 1. The van der Waals surface area contributed by atoms with Gasteiger partial charge in [0.05, 0.1) is 0 Å². The number of aryl methyl sites for hydroxylation is 1. The van der Waals surface area contributed by atoms with Crippen molar-refractivity contribution >= 4 is 0 Å². The van der Waals surface area contributed by atoms with Crippen molar-refractivity contribution in [2.24, 2.45) is 5.92 Å². The van der Waals surface area contributed by atoms with Gasteiger partial charge in [0.25, 0.3) is 5.92 Å². The molecule has 0 amide bonds. The van der Waals surface area contributed by atoms with E-state index in [1.807, 2.05) is 24.3 Å². The van der Waals surface area contributed by atoms with Gasteiger partial charge >= 0.3 is 0 Å². The van der Waals surface area contributed by atoms with Gasteiger partial charge in [-0.1, -0.05) is 31.2 Å². The largest absolute Gasteiger partial charge is 0.316 e. The molecule has 0 saturated carbocycles. The molecule has 1 aromatic carbocycles. The van der Waals surface area contributed by atoms with Crippen LogP contribution < -0.4 is 5.32 Å². The third kappa shape index (κ3) is 3.03. The van der Waals surface area contributed by atoms with Crippen LogP contribution in [-0.4, -0.2) is 19.0 Å². The molecule has 0 radical (unpaired) electrons. The van der Waals surface area contributed by atoms with Gasteiger partial charge in [0.2, 0.25) is 0 Å². The van der Waals surface area contributed by atoms with Gasteiger partial charge in [-0.05, 0) is 24.0 Å². The highest BCUT2D eigenvalue weighted by atomic mass is 19.3. The van der Waals surface area contributed by atoms with Crippen molar-refractivity contribution in [1.29, 1.82) is 0 Å². The van der Waals surface area contributed by atoms with Crippen molar-refractivity contribution in [3.8, 4) is 0 Å². The van der Waals surface area contributed by atoms with E-state index >= 15 is 0 Å². The molecule has 1 aromatic rings. The Balaban J connectivity index is 2.03. The highest BCUT2D eigenvalue weighted by Gasteiger charge is 2.41. The molecule has 1 saturated heterocycles. The first-order valence-electron chi connectivity index (χ1n) is 6.28. The molecule has 1 nitrogen and oxygen atoms in total. The molecule has 3 heteroatoms. The molecule has 0 aliphatic carbocycles. The number of benzene rings is 1. The van der Waals surface area contributed by atoms with Gasteiger partial charge in [0.15, 0.2) is 0 Å².